The van der Waals surface area contributed by atoms with E-state index in [4.69, 9.17) is 5.73 Å². The zero-order valence-corrected chi connectivity index (χ0v) is 12.2. The van der Waals surface area contributed by atoms with E-state index in [0.717, 1.165) is 0 Å². The topological polar surface area (TPSA) is 64.2 Å². The van der Waals surface area contributed by atoms with Crippen LogP contribution in [0.4, 0.5) is 10.3 Å². The van der Waals surface area contributed by atoms with Gasteiger partial charge in [-0.25, -0.2) is 9.37 Å². The maximum atomic E-state index is 13.6. The van der Waals surface area contributed by atoms with Crippen molar-refractivity contribution in [1.29, 1.82) is 0 Å². The van der Waals surface area contributed by atoms with Gasteiger partial charge in [0.2, 0.25) is 11.9 Å². The second-order valence-corrected chi connectivity index (χ2v) is 5.27. The van der Waals surface area contributed by atoms with Gasteiger partial charge in [0.25, 0.3) is 0 Å². The third-order valence-electron chi connectivity index (χ3n) is 2.87. The van der Waals surface area contributed by atoms with Crippen molar-refractivity contribution in [1.82, 2.24) is 14.5 Å². The maximum Gasteiger partial charge on any atom is 0.223 e. The van der Waals surface area contributed by atoms with Crippen LogP contribution in [0.3, 0.4) is 0 Å². The van der Waals surface area contributed by atoms with Crippen molar-refractivity contribution in [3.8, 4) is 0 Å². The van der Waals surface area contributed by atoms with E-state index in [9.17, 15) is 9.18 Å². The number of halogens is 2. The number of anilines is 1. The number of nitrogens with zero attached hydrogens (tertiary/aromatic N) is 3. The van der Waals surface area contributed by atoms with Crippen LogP contribution in [-0.2, 0) is 11.3 Å². The van der Waals surface area contributed by atoms with Gasteiger partial charge < -0.3 is 15.2 Å². The summed E-state index contributed by atoms with van der Waals surface area (Å²) in [6.45, 7) is 0.375. The molecule has 102 valence electrons. The normalized spacial score (nSPS) is 10.9. The largest absolute Gasteiger partial charge is 0.369 e. The summed E-state index contributed by atoms with van der Waals surface area (Å²) in [7, 11) is 3.38. The van der Waals surface area contributed by atoms with Gasteiger partial charge in [-0.2, -0.15) is 0 Å². The van der Waals surface area contributed by atoms with Crippen LogP contribution < -0.4 is 5.73 Å². The smallest absolute Gasteiger partial charge is 0.223 e. The van der Waals surface area contributed by atoms with Crippen molar-refractivity contribution in [3.63, 3.8) is 0 Å². The number of rotatable bonds is 3. The lowest BCUT2D eigenvalue weighted by molar-refractivity contribution is -0.128. The first-order chi connectivity index (χ1) is 8.90. The molecule has 0 aliphatic carbocycles. The lowest BCUT2D eigenvalue weighted by Crippen LogP contribution is -2.23. The van der Waals surface area contributed by atoms with Crippen molar-refractivity contribution >= 4 is 38.8 Å². The number of benzene rings is 1. The van der Waals surface area contributed by atoms with E-state index < -0.39 is 0 Å². The van der Waals surface area contributed by atoms with Gasteiger partial charge in [0, 0.05) is 33.1 Å². The lowest BCUT2D eigenvalue weighted by atomic mass is 10.3. The fraction of sp³-hybridized carbons (Fsp3) is 0.333. The fourth-order valence-corrected chi connectivity index (χ4v) is 2.14. The van der Waals surface area contributed by atoms with Gasteiger partial charge in [0.15, 0.2) is 0 Å². The van der Waals surface area contributed by atoms with Crippen LogP contribution in [0.15, 0.2) is 16.6 Å². The molecule has 0 atom stereocenters. The molecular weight excluding hydrogens is 315 g/mol. The minimum atomic E-state index is -0.382. The molecule has 1 aromatic heterocycles. The average molecular weight is 329 g/mol. The van der Waals surface area contributed by atoms with Crippen LogP contribution in [0, 0.1) is 5.82 Å². The first-order valence-corrected chi connectivity index (χ1v) is 6.50. The van der Waals surface area contributed by atoms with E-state index >= 15 is 0 Å². The van der Waals surface area contributed by atoms with Gasteiger partial charge in [-0.15, -0.1) is 0 Å². The van der Waals surface area contributed by atoms with Crippen LogP contribution in [0.5, 0.6) is 0 Å². The summed E-state index contributed by atoms with van der Waals surface area (Å²) >= 11 is 3.11. The molecule has 0 aliphatic heterocycles. The first-order valence-electron chi connectivity index (χ1n) is 5.71. The SMILES string of the molecule is CN(C)C(=O)CCn1c(N)nc2cc(Br)c(F)cc21. The highest BCUT2D eigenvalue weighted by Crippen LogP contribution is 2.25. The lowest BCUT2D eigenvalue weighted by Gasteiger charge is -2.11. The Labute approximate surface area is 118 Å². The second-order valence-electron chi connectivity index (χ2n) is 4.41. The molecule has 0 saturated heterocycles. The van der Waals surface area contributed by atoms with Gasteiger partial charge in [0.05, 0.1) is 15.5 Å². The maximum absolute atomic E-state index is 13.6. The summed E-state index contributed by atoms with van der Waals surface area (Å²) < 4.78 is 15.5. The van der Waals surface area contributed by atoms with E-state index in [1.54, 1.807) is 24.7 Å². The molecule has 0 fully saturated rings. The van der Waals surface area contributed by atoms with Crippen LogP contribution in [0.25, 0.3) is 11.0 Å². The number of amides is 1. The molecule has 2 rings (SSSR count). The summed E-state index contributed by atoms with van der Waals surface area (Å²) in [6.07, 6.45) is 0.292. The predicted molar refractivity (Wildman–Crippen MR) is 75.1 cm³/mol. The van der Waals surface area contributed by atoms with E-state index in [0.29, 0.717) is 28.5 Å². The number of carbonyl (C=O) groups excluding carboxylic acids is 1. The standard InChI is InChI=1S/C12H14BrFN4O/c1-17(2)11(19)3-4-18-10-6-8(14)7(13)5-9(10)16-12(18)15/h5-6H,3-4H2,1-2H3,(H2,15,16). The number of fused-ring (bicyclic) bond motifs is 1. The Morgan fingerprint density at radius 2 is 2.21 bits per heavy atom. The molecule has 7 heteroatoms. The summed E-state index contributed by atoms with van der Waals surface area (Å²) in [6, 6.07) is 2.94. The van der Waals surface area contributed by atoms with E-state index in [2.05, 4.69) is 20.9 Å². The molecule has 5 nitrogen and oxygen atoms in total. The van der Waals surface area contributed by atoms with Crippen molar-refractivity contribution in [3.05, 3.63) is 22.4 Å². The summed E-state index contributed by atoms with van der Waals surface area (Å²) in [5.41, 5.74) is 6.99. The molecule has 0 aliphatic rings. The number of nitrogen functional groups attached to an aromatic ring is 1. The number of carbonyl (C=O) groups is 1. The molecule has 1 amide bonds. The fourth-order valence-electron chi connectivity index (χ4n) is 1.80. The molecule has 1 heterocycles. The highest BCUT2D eigenvalue weighted by atomic mass is 79.9. The average Bonchev–Trinajstić information content (AvgIpc) is 2.62. The van der Waals surface area contributed by atoms with Crippen molar-refractivity contribution in [2.45, 2.75) is 13.0 Å². The van der Waals surface area contributed by atoms with Crippen molar-refractivity contribution < 1.29 is 9.18 Å². The Morgan fingerprint density at radius 3 is 2.84 bits per heavy atom. The van der Waals surface area contributed by atoms with Gasteiger partial charge in [-0.05, 0) is 22.0 Å². The first kappa shape index (κ1) is 13.8. The Hall–Kier alpha value is -1.63. The molecule has 0 radical (unpaired) electrons. The Kier molecular flexibility index (Phi) is 3.75. The number of nitrogens with two attached hydrogens (primary N) is 1. The molecule has 1 aromatic carbocycles. The van der Waals surface area contributed by atoms with Crippen LogP contribution in [0.1, 0.15) is 6.42 Å². The van der Waals surface area contributed by atoms with Crippen LogP contribution in [-0.4, -0.2) is 34.5 Å². The highest BCUT2D eigenvalue weighted by Gasteiger charge is 2.13. The molecule has 0 bridgehead atoms. The van der Waals surface area contributed by atoms with E-state index in [1.807, 2.05) is 0 Å². The number of aromatic nitrogens is 2. The second kappa shape index (κ2) is 5.16. The summed E-state index contributed by atoms with van der Waals surface area (Å²) in [5, 5.41) is 0. The summed E-state index contributed by atoms with van der Waals surface area (Å²) in [5.74, 6) is -0.120. The predicted octanol–water partition coefficient (Wildman–Crippen LogP) is 2.00. The Morgan fingerprint density at radius 1 is 1.53 bits per heavy atom. The number of hydrogen-bond acceptors (Lipinski definition) is 3. The molecule has 0 saturated carbocycles. The van der Waals surface area contributed by atoms with Crippen LogP contribution >= 0.6 is 15.9 Å². The van der Waals surface area contributed by atoms with Crippen LogP contribution in [0.2, 0.25) is 0 Å². The number of hydrogen-bond donors (Lipinski definition) is 1. The zero-order valence-electron chi connectivity index (χ0n) is 10.7. The van der Waals surface area contributed by atoms with Crippen molar-refractivity contribution in [2.24, 2.45) is 0 Å². The molecule has 2 aromatic rings. The third kappa shape index (κ3) is 2.70. The zero-order chi connectivity index (χ0) is 14.2. The van der Waals surface area contributed by atoms with E-state index in [1.165, 1.54) is 11.0 Å². The molecule has 19 heavy (non-hydrogen) atoms. The number of imidazole rings is 1. The Balaban J connectivity index is 2.35. The van der Waals surface area contributed by atoms with Crippen molar-refractivity contribution in [2.75, 3.05) is 19.8 Å². The third-order valence-corrected chi connectivity index (χ3v) is 3.48. The summed E-state index contributed by atoms with van der Waals surface area (Å²) in [4.78, 5) is 17.2. The molecule has 0 unspecified atom stereocenters. The monoisotopic (exact) mass is 328 g/mol. The molecule has 0 spiro atoms. The Bertz CT molecular complexity index is 638. The van der Waals surface area contributed by atoms with Gasteiger partial charge >= 0.3 is 0 Å². The number of aryl methyl sites for hydroxylation is 1. The minimum absolute atomic E-state index is 0.0150. The highest BCUT2D eigenvalue weighted by molar-refractivity contribution is 9.10. The minimum Gasteiger partial charge on any atom is -0.369 e. The molecular formula is C12H14BrFN4O. The quantitative estimate of drug-likeness (QED) is 0.937. The van der Waals surface area contributed by atoms with Gasteiger partial charge in [-0.3, -0.25) is 4.79 Å². The van der Waals surface area contributed by atoms with Gasteiger partial charge in [0.1, 0.15) is 5.82 Å². The van der Waals surface area contributed by atoms with E-state index in [-0.39, 0.29) is 17.7 Å². The molecule has 2 N–H and O–H groups in total. The van der Waals surface area contributed by atoms with Gasteiger partial charge in [-0.1, -0.05) is 0 Å².